The van der Waals surface area contributed by atoms with Gasteiger partial charge in [-0.3, -0.25) is 4.79 Å². The van der Waals surface area contributed by atoms with Gasteiger partial charge in [-0.15, -0.1) is 0 Å². The Kier molecular flexibility index (Phi) is 7.59. The predicted molar refractivity (Wildman–Crippen MR) is 152 cm³/mol. The summed E-state index contributed by atoms with van der Waals surface area (Å²) in [5.41, 5.74) is 4.72. The van der Waals surface area contributed by atoms with Crippen LogP contribution in [0.3, 0.4) is 0 Å². The fourth-order valence-electron chi connectivity index (χ4n) is 4.41. The summed E-state index contributed by atoms with van der Waals surface area (Å²) >= 11 is 12.0. The molecule has 1 aromatic heterocycles. The number of benzene rings is 4. The van der Waals surface area contributed by atoms with Crippen molar-refractivity contribution in [2.75, 3.05) is 0 Å². The molecule has 39 heavy (non-hydrogen) atoms. The number of fused-ring (bicyclic) bond motifs is 1. The Balaban J connectivity index is 1.35. The van der Waals surface area contributed by atoms with E-state index < -0.39 is 17.9 Å². The molecule has 1 amide bonds. The lowest BCUT2D eigenvalue weighted by Crippen LogP contribution is -2.42. The highest BCUT2D eigenvalue weighted by Crippen LogP contribution is 2.28. The minimum atomic E-state index is -1.22. The lowest BCUT2D eigenvalue weighted by atomic mass is 9.95. The number of phenolic OH excluding ortho intramolecular Hbond substituents is 1. The van der Waals surface area contributed by atoms with Crippen molar-refractivity contribution in [3.8, 4) is 16.9 Å². The molecule has 0 aliphatic heterocycles. The van der Waals surface area contributed by atoms with Crippen LogP contribution in [0.4, 0.5) is 0 Å². The third-order valence-corrected chi connectivity index (χ3v) is 6.95. The molecular weight excluding hydrogens is 537 g/mol. The maximum atomic E-state index is 13.0. The molecule has 3 N–H and O–H groups in total. The Hall–Kier alpha value is -4.26. The van der Waals surface area contributed by atoms with Crippen LogP contribution in [0.25, 0.3) is 22.1 Å². The van der Waals surface area contributed by atoms with Gasteiger partial charge in [-0.1, -0.05) is 65.7 Å². The van der Waals surface area contributed by atoms with E-state index in [1.54, 1.807) is 42.5 Å². The molecule has 8 heteroatoms. The monoisotopic (exact) mass is 559 g/mol. The summed E-state index contributed by atoms with van der Waals surface area (Å²) in [4.78, 5) is 25.2. The summed E-state index contributed by atoms with van der Waals surface area (Å²) in [6.45, 7) is 0. The van der Waals surface area contributed by atoms with Crippen LogP contribution >= 0.6 is 23.2 Å². The minimum absolute atomic E-state index is 0.0107. The molecule has 1 atom stereocenters. The number of carbonyl (C=O) groups excluding carboxylic acids is 1. The van der Waals surface area contributed by atoms with Gasteiger partial charge in [0.15, 0.2) is 5.76 Å². The number of aromatic hydroxyl groups is 1. The zero-order valence-electron chi connectivity index (χ0n) is 20.5. The van der Waals surface area contributed by atoms with Gasteiger partial charge >= 0.3 is 5.97 Å². The molecule has 5 rings (SSSR count). The Morgan fingerprint density at radius 1 is 0.795 bits per heavy atom. The molecule has 0 aliphatic rings. The highest BCUT2D eigenvalue weighted by atomic mass is 35.5. The molecule has 6 nitrogen and oxygen atoms in total. The molecule has 0 unspecified atom stereocenters. The smallest absolute Gasteiger partial charge is 0.326 e. The molecular formula is C31H23Cl2NO5. The summed E-state index contributed by atoms with van der Waals surface area (Å²) in [5.74, 6) is -1.74. The third-order valence-electron chi connectivity index (χ3n) is 6.45. The van der Waals surface area contributed by atoms with Crippen LogP contribution in [0.1, 0.15) is 27.2 Å². The van der Waals surface area contributed by atoms with Crippen molar-refractivity contribution in [1.29, 1.82) is 0 Å². The zero-order valence-corrected chi connectivity index (χ0v) is 22.0. The van der Waals surface area contributed by atoms with E-state index in [9.17, 15) is 19.8 Å². The van der Waals surface area contributed by atoms with Gasteiger partial charge in [0.25, 0.3) is 5.91 Å². The number of phenols is 1. The topological polar surface area (TPSA) is 99.8 Å². The largest absolute Gasteiger partial charge is 0.508 e. The molecule has 4 aromatic carbocycles. The van der Waals surface area contributed by atoms with Crippen LogP contribution in [0.15, 0.2) is 95.4 Å². The number of carboxylic acid groups (broad SMARTS) is 1. The maximum absolute atomic E-state index is 13.0. The van der Waals surface area contributed by atoms with Crippen molar-refractivity contribution < 1.29 is 24.2 Å². The highest BCUT2D eigenvalue weighted by Gasteiger charge is 2.24. The molecule has 0 aliphatic carbocycles. The van der Waals surface area contributed by atoms with Crippen LogP contribution in [0.5, 0.6) is 5.75 Å². The fraction of sp³-hybridized carbons (Fsp3) is 0.0968. The molecule has 0 bridgehead atoms. The predicted octanol–water partition coefficient (Wildman–Crippen LogP) is 7.13. The summed E-state index contributed by atoms with van der Waals surface area (Å²) < 4.78 is 5.80. The quantitative estimate of drug-likeness (QED) is 0.188. The first-order chi connectivity index (χ1) is 18.7. The van der Waals surface area contributed by atoms with E-state index in [4.69, 9.17) is 27.6 Å². The van der Waals surface area contributed by atoms with Gasteiger partial charge in [0.05, 0.1) is 0 Å². The van der Waals surface area contributed by atoms with Crippen LogP contribution in [-0.2, 0) is 17.6 Å². The van der Waals surface area contributed by atoms with E-state index in [2.05, 4.69) is 5.32 Å². The normalized spacial score (nSPS) is 11.8. The van der Waals surface area contributed by atoms with Crippen molar-refractivity contribution in [2.24, 2.45) is 0 Å². The summed E-state index contributed by atoms with van der Waals surface area (Å²) in [7, 11) is 0. The Morgan fingerprint density at radius 2 is 1.46 bits per heavy atom. The fourth-order valence-corrected chi connectivity index (χ4v) is 4.66. The summed E-state index contributed by atoms with van der Waals surface area (Å²) in [6.07, 6.45) is 0.478. The number of carbonyl (C=O) groups is 2. The van der Waals surface area contributed by atoms with Gasteiger partial charge in [-0.05, 0) is 82.8 Å². The first-order valence-electron chi connectivity index (χ1n) is 12.1. The van der Waals surface area contributed by atoms with Gasteiger partial charge in [0, 0.05) is 21.9 Å². The Morgan fingerprint density at radius 3 is 2.15 bits per heavy atom. The number of nitrogens with one attached hydrogen (secondary N) is 1. The molecule has 1 heterocycles. The lowest BCUT2D eigenvalue weighted by molar-refractivity contribution is -0.139. The van der Waals surface area contributed by atoms with Crippen molar-refractivity contribution in [3.05, 3.63) is 123 Å². The van der Waals surface area contributed by atoms with E-state index in [1.165, 1.54) is 6.07 Å². The van der Waals surface area contributed by atoms with Gasteiger partial charge in [-0.25, -0.2) is 4.79 Å². The molecule has 0 saturated carbocycles. The van der Waals surface area contributed by atoms with Crippen LogP contribution < -0.4 is 5.32 Å². The highest BCUT2D eigenvalue weighted by molar-refractivity contribution is 6.30. The second-order valence-electron chi connectivity index (χ2n) is 9.19. The van der Waals surface area contributed by atoms with E-state index in [1.807, 2.05) is 42.5 Å². The van der Waals surface area contributed by atoms with Crippen molar-refractivity contribution in [1.82, 2.24) is 5.32 Å². The van der Waals surface area contributed by atoms with Crippen LogP contribution in [-0.4, -0.2) is 28.1 Å². The summed E-state index contributed by atoms with van der Waals surface area (Å²) in [6, 6.07) is 25.4. The molecule has 0 spiro atoms. The van der Waals surface area contributed by atoms with Gasteiger partial charge in [0.2, 0.25) is 0 Å². The van der Waals surface area contributed by atoms with E-state index >= 15 is 0 Å². The van der Waals surface area contributed by atoms with E-state index in [0.717, 1.165) is 22.3 Å². The average molecular weight is 560 g/mol. The number of amides is 1. The average Bonchev–Trinajstić information content (AvgIpc) is 3.35. The number of rotatable bonds is 8. The lowest BCUT2D eigenvalue weighted by Gasteiger charge is -2.17. The molecule has 5 aromatic rings. The first-order valence-corrected chi connectivity index (χ1v) is 12.9. The SMILES string of the molecule is O=C(N[C@@H](Cc1ccc(O)cc1Cc1ccc(Cl)cc1)C(=O)O)c1cc2ccc(-c3ccc(Cl)cc3)cc2o1. The van der Waals surface area contributed by atoms with E-state index in [-0.39, 0.29) is 17.9 Å². The second-order valence-corrected chi connectivity index (χ2v) is 10.1. The minimum Gasteiger partial charge on any atom is -0.508 e. The molecule has 196 valence electrons. The number of furan rings is 1. The number of hydrogen-bond donors (Lipinski definition) is 3. The zero-order chi connectivity index (χ0) is 27.5. The van der Waals surface area contributed by atoms with Gasteiger partial charge < -0.3 is 19.9 Å². The first kappa shape index (κ1) is 26.4. The third kappa shape index (κ3) is 6.25. The second kappa shape index (κ2) is 11.2. The van der Waals surface area contributed by atoms with Crippen molar-refractivity contribution >= 4 is 46.0 Å². The van der Waals surface area contributed by atoms with Crippen molar-refractivity contribution in [2.45, 2.75) is 18.9 Å². The number of hydrogen-bond acceptors (Lipinski definition) is 4. The van der Waals surface area contributed by atoms with E-state index in [0.29, 0.717) is 33.0 Å². The van der Waals surface area contributed by atoms with Crippen LogP contribution in [0, 0.1) is 0 Å². The standard InChI is InChI=1S/C31H23Cl2NO5/c32-24-8-1-18(2-9-24)13-23-14-26(35)12-7-20(23)15-27(31(37)38)34-30(36)29-17-22-4-3-21(16-28(22)39-29)19-5-10-25(33)11-6-19/h1-12,14,16-17,27,35H,13,15H2,(H,34,36)(H,37,38)/t27-/m0/s1. The number of carboxylic acids is 1. The van der Waals surface area contributed by atoms with Gasteiger partial charge in [0.1, 0.15) is 17.4 Å². The van der Waals surface area contributed by atoms with Crippen molar-refractivity contribution in [3.63, 3.8) is 0 Å². The number of halogens is 2. The maximum Gasteiger partial charge on any atom is 0.326 e. The number of aliphatic carboxylic acids is 1. The summed E-state index contributed by atoms with van der Waals surface area (Å²) in [5, 5.41) is 24.5. The van der Waals surface area contributed by atoms with Crippen LogP contribution in [0.2, 0.25) is 10.0 Å². The Labute approximate surface area is 234 Å². The molecule has 0 radical (unpaired) electrons. The van der Waals surface area contributed by atoms with Gasteiger partial charge in [-0.2, -0.15) is 0 Å². The molecule has 0 saturated heterocycles. The molecule has 0 fully saturated rings. The Bertz CT molecular complexity index is 1660.